The Morgan fingerprint density at radius 3 is 2.69 bits per heavy atom. The Kier molecular flexibility index (Phi) is 3.85. The Labute approximate surface area is 101 Å². The Bertz CT molecular complexity index is 454. The summed E-state index contributed by atoms with van der Waals surface area (Å²) in [4.78, 5) is 21.6. The molecular formula is C10H13BrN2O3. The predicted molar refractivity (Wildman–Crippen MR) is 64.9 cm³/mol. The Morgan fingerprint density at radius 1 is 1.56 bits per heavy atom. The summed E-state index contributed by atoms with van der Waals surface area (Å²) in [5, 5.41) is 11.3. The van der Waals surface area contributed by atoms with Crippen molar-refractivity contribution >= 4 is 21.6 Å². The summed E-state index contributed by atoms with van der Waals surface area (Å²) < 4.78 is 1.37. The summed E-state index contributed by atoms with van der Waals surface area (Å²) in [5.74, 6) is 0. The molecule has 0 saturated carbocycles. The highest BCUT2D eigenvalue weighted by Gasteiger charge is 2.20. The summed E-state index contributed by atoms with van der Waals surface area (Å²) >= 11 is 3.35. The van der Waals surface area contributed by atoms with Crippen molar-refractivity contribution < 1.29 is 4.92 Å². The number of aromatic nitrogens is 1. The Hall–Kier alpha value is -1.17. The molecule has 0 amide bonds. The summed E-state index contributed by atoms with van der Waals surface area (Å²) in [7, 11) is 0. The molecule has 1 aromatic heterocycles. The lowest BCUT2D eigenvalue weighted by Crippen LogP contribution is -2.30. The van der Waals surface area contributed by atoms with Crippen LogP contribution < -0.4 is 5.56 Å². The topological polar surface area (TPSA) is 65.1 Å². The maximum absolute atomic E-state index is 11.7. The molecule has 0 aliphatic rings. The first kappa shape index (κ1) is 12.9. The predicted octanol–water partition coefficient (Wildman–Crippen LogP) is 2.18. The molecule has 0 fully saturated rings. The van der Waals surface area contributed by atoms with Gasteiger partial charge in [-0.2, -0.15) is 0 Å². The van der Waals surface area contributed by atoms with E-state index in [9.17, 15) is 14.9 Å². The fourth-order valence-corrected chi connectivity index (χ4v) is 1.47. The highest BCUT2D eigenvalue weighted by Crippen LogP contribution is 2.20. The quantitative estimate of drug-likeness (QED) is 0.485. The van der Waals surface area contributed by atoms with Crippen molar-refractivity contribution in [1.29, 1.82) is 0 Å². The van der Waals surface area contributed by atoms with E-state index in [2.05, 4.69) is 15.9 Å². The summed E-state index contributed by atoms with van der Waals surface area (Å²) in [5.41, 5.74) is -1.06. The van der Waals surface area contributed by atoms with Crippen molar-refractivity contribution in [2.45, 2.75) is 20.4 Å². The number of halogens is 1. The summed E-state index contributed by atoms with van der Waals surface area (Å²) in [6.45, 7) is 4.40. The van der Waals surface area contributed by atoms with E-state index in [1.165, 1.54) is 16.7 Å². The van der Waals surface area contributed by atoms with Crippen molar-refractivity contribution in [2.75, 3.05) is 5.33 Å². The van der Waals surface area contributed by atoms with Crippen LogP contribution in [-0.4, -0.2) is 14.8 Å². The van der Waals surface area contributed by atoms with E-state index in [-0.39, 0.29) is 11.1 Å². The minimum absolute atomic E-state index is 0.126. The van der Waals surface area contributed by atoms with Crippen LogP contribution in [0.3, 0.4) is 0 Å². The van der Waals surface area contributed by atoms with Crippen molar-refractivity contribution in [3.63, 3.8) is 0 Å². The fraction of sp³-hybridized carbons (Fsp3) is 0.500. The number of pyridine rings is 1. The number of nitrogens with zero attached hydrogens (tertiary/aromatic N) is 2. The van der Waals surface area contributed by atoms with Crippen LogP contribution in [0.4, 0.5) is 5.69 Å². The van der Waals surface area contributed by atoms with Crippen LogP contribution in [0.15, 0.2) is 23.1 Å². The van der Waals surface area contributed by atoms with E-state index in [0.717, 1.165) is 5.33 Å². The van der Waals surface area contributed by atoms with Crippen LogP contribution in [0.5, 0.6) is 0 Å². The lowest BCUT2D eigenvalue weighted by Gasteiger charge is -2.22. The second-order valence-electron chi connectivity index (χ2n) is 4.38. The first-order chi connectivity index (χ1) is 7.37. The van der Waals surface area contributed by atoms with Crippen LogP contribution in [0.1, 0.15) is 13.8 Å². The van der Waals surface area contributed by atoms with Crippen molar-refractivity contribution in [3.8, 4) is 0 Å². The largest absolute Gasteiger partial charge is 0.334 e. The van der Waals surface area contributed by atoms with Gasteiger partial charge >= 0.3 is 11.2 Å². The van der Waals surface area contributed by atoms with Gasteiger partial charge in [0.1, 0.15) is 0 Å². The molecule has 0 atom stereocenters. The molecular weight excluding hydrogens is 276 g/mol. The molecule has 16 heavy (non-hydrogen) atoms. The van der Waals surface area contributed by atoms with Crippen LogP contribution in [-0.2, 0) is 6.54 Å². The standard InChI is InChI=1S/C10H13BrN2O3/c1-10(2,6-11)7-12-5-3-4-8(9(12)14)13(15)16/h3-5H,6-7H2,1-2H3. The molecule has 5 nitrogen and oxygen atoms in total. The zero-order chi connectivity index (χ0) is 12.3. The number of rotatable bonds is 4. The normalized spacial score (nSPS) is 11.4. The van der Waals surface area contributed by atoms with Gasteiger partial charge in [0.2, 0.25) is 0 Å². The van der Waals surface area contributed by atoms with E-state index >= 15 is 0 Å². The molecule has 0 unspecified atom stereocenters. The Balaban J connectivity index is 3.12. The van der Waals surface area contributed by atoms with Gasteiger partial charge in [-0.05, 0) is 11.5 Å². The van der Waals surface area contributed by atoms with Crippen molar-refractivity contribution in [3.05, 3.63) is 38.8 Å². The van der Waals surface area contributed by atoms with E-state index < -0.39 is 10.5 Å². The zero-order valence-corrected chi connectivity index (χ0v) is 10.7. The van der Waals surface area contributed by atoms with Crippen LogP contribution in [0.25, 0.3) is 0 Å². The van der Waals surface area contributed by atoms with Gasteiger partial charge in [-0.3, -0.25) is 14.9 Å². The van der Waals surface area contributed by atoms with E-state index in [0.29, 0.717) is 6.54 Å². The highest BCUT2D eigenvalue weighted by atomic mass is 79.9. The van der Waals surface area contributed by atoms with Crippen LogP contribution in [0.2, 0.25) is 0 Å². The van der Waals surface area contributed by atoms with Gasteiger partial charge in [0.15, 0.2) is 0 Å². The lowest BCUT2D eigenvalue weighted by molar-refractivity contribution is -0.386. The van der Waals surface area contributed by atoms with Gasteiger partial charge in [0, 0.05) is 24.1 Å². The zero-order valence-electron chi connectivity index (χ0n) is 9.14. The molecule has 1 heterocycles. The molecule has 0 spiro atoms. The smallest absolute Gasteiger partial charge is 0.309 e. The van der Waals surface area contributed by atoms with E-state index in [1.807, 2.05) is 13.8 Å². The third kappa shape index (κ3) is 2.91. The minimum atomic E-state index is -0.653. The average molecular weight is 289 g/mol. The molecule has 0 aromatic carbocycles. The van der Waals surface area contributed by atoms with Gasteiger partial charge in [0.05, 0.1) is 4.92 Å². The minimum Gasteiger partial charge on any atom is -0.309 e. The Morgan fingerprint density at radius 2 is 2.19 bits per heavy atom. The van der Waals surface area contributed by atoms with Gasteiger partial charge in [-0.15, -0.1) is 0 Å². The lowest BCUT2D eigenvalue weighted by atomic mass is 9.97. The second-order valence-corrected chi connectivity index (χ2v) is 4.94. The van der Waals surface area contributed by atoms with Crippen molar-refractivity contribution in [1.82, 2.24) is 4.57 Å². The fourth-order valence-electron chi connectivity index (χ4n) is 1.29. The first-order valence-corrected chi connectivity index (χ1v) is 5.89. The van der Waals surface area contributed by atoms with E-state index in [4.69, 9.17) is 0 Å². The van der Waals surface area contributed by atoms with E-state index in [1.54, 1.807) is 6.20 Å². The number of hydrogen-bond acceptors (Lipinski definition) is 3. The molecule has 0 aliphatic heterocycles. The maximum Gasteiger partial charge on any atom is 0.334 e. The molecule has 1 aromatic rings. The number of nitro groups is 1. The monoisotopic (exact) mass is 288 g/mol. The highest BCUT2D eigenvalue weighted by molar-refractivity contribution is 9.09. The average Bonchev–Trinajstić information content (AvgIpc) is 2.20. The van der Waals surface area contributed by atoms with Crippen LogP contribution >= 0.6 is 15.9 Å². The number of alkyl halides is 1. The summed E-state index contributed by atoms with van der Waals surface area (Å²) in [6, 6.07) is 2.74. The van der Waals surface area contributed by atoms with Gasteiger partial charge < -0.3 is 4.57 Å². The molecule has 0 aliphatic carbocycles. The molecule has 0 saturated heterocycles. The third-order valence-corrected chi connectivity index (χ3v) is 3.67. The van der Waals surface area contributed by atoms with Gasteiger partial charge in [0.25, 0.3) is 0 Å². The number of hydrogen-bond donors (Lipinski definition) is 0. The molecule has 0 radical (unpaired) electrons. The molecule has 1 rings (SSSR count). The maximum atomic E-state index is 11.7. The molecule has 6 heteroatoms. The van der Waals surface area contributed by atoms with Gasteiger partial charge in [-0.1, -0.05) is 29.8 Å². The molecule has 88 valence electrons. The first-order valence-electron chi connectivity index (χ1n) is 4.77. The molecule has 0 bridgehead atoms. The summed E-state index contributed by atoms with van der Waals surface area (Å²) in [6.07, 6.45) is 1.57. The SMILES string of the molecule is CC(C)(CBr)Cn1cccc([N+](=O)[O-])c1=O. The van der Waals surface area contributed by atoms with Gasteiger partial charge in [-0.25, -0.2) is 0 Å². The third-order valence-electron chi connectivity index (χ3n) is 2.16. The van der Waals surface area contributed by atoms with Crippen LogP contribution in [0, 0.1) is 15.5 Å². The second kappa shape index (κ2) is 4.78. The van der Waals surface area contributed by atoms with Crippen molar-refractivity contribution in [2.24, 2.45) is 5.41 Å². The molecule has 0 N–H and O–H groups in total.